The zero-order chi connectivity index (χ0) is 6.69. The van der Waals surface area contributed by atoms with E-state index in [0.29, 0.717) is 0 Å². The average molecular weight is 126 g/mol. The minimum atomic E-state index is -0.193. The third-order valence-electron chi connectivity index (χ3n) is 1.53. The fraction of sp³-hybridized carbons (Fsp3) is 0.667. The van der Waals surface area contributed by atoms with E-state index in [4.69, 9.17) is 5.73 Å². The maximum absolute atomic E-state index is 10.5. The number of aliphatic imine (C=N–C) groups is 1. The molecule has 0 aromatic rings. The minimum absolute atomic E-state index is 0.0440. The van der Waals surface area contributed by atoms with Crippen LogP contribution >= 0.6 is 0 Å². The summed E-state index contributed by atoms with van der Waals surface area (Å²) in [6, 6.07) is 0. The Morgan fingerprint density at radius 3 is 2.89 bits per heavy atom. The van der Waals surface area contributed by atoms with Gasteiger partial charge in [0.05, 0.1) is 0 Å². The number of hydrogen-bond acceptors (Lipinski definition) is 2. The third kappa shape index (κ3) is 1.52. The molecule has 0 aromatic carbocycles. The first-order valence-corrected chi connectivity index (χ1v) is 3.08. The van der Waals surface area contributed by atoms with E-state index in [2.05, 4.69) is 4.99 Å². The largest absolute Gasteiger partial charge is 0.369 e. The first kappa shape index (κ1) is 6.26. The number of hydrogen-bond donors (Lipinski definition) is 1. The van der Waals surface area contributed by atoms with E-state index in [1.807, 2.05) is 0 Å². The van der Waals surface area contributed by atoms with Gasteiger partial charge in [0.25, 0.3) is 0 Å². The zero-order valence-electron chi connectivity index (χ0n) is 5.21. The molecule has 1 aliphatic heterocycles. The van der Waals surface area contributed by atoms with Crippen LogP contribution in [0.4, 0.5) is 0 Å². The van der Waals surface area contributed by atoms with Gasteiger partial charge in [-0.3, -0.25) is 9.79 Å². The summed E-state index contributed by atoms with van der Waals surface area (Å²) in [6.45, 7) is 0.758. The molecular weight excluding hydrogens is 116 g/mol. The van der Waals surface area contributed by atoms with Crippen LogP contribution in [-0.4, -0.2) is 18.7 Å². The van der Waals surface area contributed by atoms with Gasteiger partial charge in [0.2, 0.25) is 5.91 Å². The number of carbonyl (C=O) groups is 1. The molecule has 50 valence electrons. The van der Waals surface area contributed by atoms with Crippen molar-refractivity contribution in [1.29, 1.82) is 0 Å². The summed E-state index contributed by atoms with van der Waals surface area (Å²) in [7, 11) is 0. The zero-order valence-corrected chi connectivity index (χ0v) is 5.21. The fourth-order valence-electron chi connectivity index (χ4n) is 0.900. The molecule has 1 aliphatic rings. The molecule has 0 bridgehead atoms. The third-order valence-corrected chi connectivity index (χ3v) is 1.53. The monoisotopic (exact) mass is 126 g/mol. The normalized spacial score (nSPS) is 26.0. The smallest absolute Gasteiger partial charge is 0.220 e. The maximum Gasteiger partial charge on any atom is 0.220 e. The van der Waals surface area contributed by atoms with Gasteiger partial charge in [-0.25, -0.2) is 0 Å². The fourth-order valence-corrected chi connectivity index (χ4v) is 0.900. The number of nitrogens with two attached hydrogens (primary N) is 1. The summed E-state index contributed by atoms with van der Waals surface area (Å²) in [4.78, 5) is 14.5. The molecule has 0 fully saturated rings. The summed E-state index contributed by atoms with van der Waals surface area (Å²) in [5.74, 6) is -0.149. The van der Waals surface area contributed by atoms with Crippen molar-refractivity contribution >= 4 is 12.1 Å². The van der Waals surface area contributed by atoms with Crippen LogP contribution in [0.1, 0.15) is 12.8 Å². The molecule has 1 rings (SSSR count). The lowest BCUT2D eigenvalue weighted by Crippen LogP contribution is -2.25. The number of amides is 1. The summed E-state index contributed by atoms with van der Waals surface area (Å²) in [5, 5.41) is 0. The quantitative estimate of drug-likeness (QED) is 0.526. The van der Waals surface area contributed by atoms with Crippen molar-refractivity contribution in [2.75, 3.05) is 6.54 Å². The topological polar surface area (TPSA) is 55.5 Å². The maximum atomic E-state index is 10.5. The van der Waals surface area contributed by atoms with E-state index >= 15 is 0 Å². The van der Waals surface area contributed by atoms with Crippen LogP contribution in [-0.2, 0) is 4.79 Å². The van der Waals surface area contributed by atoms with Gasteiger partial charge in [0.15, 0.2) is 0 Å². The van der Waals surface area contributed by atoms with Crippen molar-refractivity contribution in [2.24, 2.45) is 16.6 Å². The summed E-state index contributed by atoms with van der Waals surface area (Å²) >= 11 is 0. The highest BCUT2D eigenvalue weighted by Gasteiger charge is 2.15. The Morgan fingerprint density at radius 2 is 2.56 bits per heavy atom. The molecule has 0 saturated carbocycles. The molecule has 3 nitrogen and oxygen atoms in total. The van der Waals surface area contributed by atoms with Gasteiger partial charge < -0.3 is 5.73 Å². The van der Waals surface area contributed by atoms with Crippen LogP contribution in [0.25, 0.3) is 0 Å². The number of primary amides is 1. The molecule has 3 heteroatoms. The van der Waals surface area contributed by atoms with Crippen LogP contribution < -0.4 is 5.73 Å². The van der Waals surface area contributed by atoms with Gasteiger partial charge >= 0.3 is 0 Å². The Labute approximate surface area is 54.0 Å². The van der Waals surface area contributed by atoms with E-state index in [0.717, 1.165) is 19.4 Å². The molecule has 0 aromatic heterocycles. The lowest BCUT2D eigenvalue weighted by atomic mass is 10.00. The minimum Gasteiger partial charge on any atom is -0.369 e. The molecule has 0 spiro atoms. The van der Waals surface area contributed by atoms with E-state index < -0.39 is 0 Å². The number of rotatable bonds is 1. The van der Waals surface area contributed by atoms with E-state index in [-0.39, 0.29) is 11.8 Å². The molecule has 1 heterocycles. The number of carbonyl (C=O) groups excluding carboxylic acids is 1. The first-order valence-electron chi connectivity index (χ1n) is 3.08. The van der Waals surface area contributed by atoms with E-state index in [1.54, 1.807) is 6.21 Å². The Hall–Kier alpha value is -0.860. The van der Waals surface area contributed by atoms with Crippen LogP contribution in [0.15, 0.2) is 4.99 Å². The predicted octanol–water partition coefficient (Wildman–Crippen LogP) is -0.0475. The molecule has 1 unspecified atom stereocenters. The molecule has 0 saturated heterocycles. The Bertz CT molecular complexity index is 142. The molecule has 1 amide bonds. The Kier molecular flexibility index (Phi) is 1.82. The van der Waals surface area contributed by atoms with Crippen molar-refractivity contribution in [3.8, 4) is 0 Å². The van der Waals surface area contributed by atoms with Crippen LogP contribution in [0.3, 0.4) is 0 Å². The highest BCUT2D eigenvalue weighted by atomic mass is 16.1. The van der Waals surface area contributed by atoms with Gasteiger partial charge in [0.1, 0.15) is 0 Å². The van der Waals surface area contributed by atoms with Crippen molar-refractivity contribution in [2.45, 2.75) is 12.8 Å². The van der Waals surface area contributed by atoms with Crippen molar-refractivity contribution < 1.29 is 4.79 Å². The Balaban J connectivity index is 2.44. The lowest BCUT2D eigenvalue weighted by Gasteiger charge is -2.11. The second-order valence-electron chi connectivity index (χ2n) is 2.21. The second kappa shape index (κ2) is 2.62. The molecule has 2 N–H and O–H groups in total. The predicted molar refractivity (Wildman–Crippen MR) is 35.3 cm³/mol. The van der Waals surface area contributed by atoms with Gasteiger partial charge in [-0.05, 0) is 19.1 Å². The van der Waals surface area contributed by atoms with Crippen molar-refractivity contribution in [3.63, 3.8) is 0 Å². The standard InChI is InChI=1S/C6H10N2O/c7-6(9)5-1-3-8-4-2-5/h3,5H,1-2,4H2,(H2,7,9). The van der Waals surface area contributed by atoms with E-state index in [1.165, 1.54) is 0 Å². The molecule has 9 heavy (non-hydrogen) atoms. The number of nitrogens with zero attached hydrogens (tertiary/aromatic N) is 1. The molecule has 0 aliphatic carbocycles. The van der Waals surface area contributed by atoms with Crippen molar-refractivity contribution in [3.05, 3.63) is 0 Å². The molecule has 1 atom stereocenters. The van der Waals surface area contributed by atoms with Gasteiger partial charge in [-0.2, -0.15) is 0 Å². The van der Waals surface area contributed by atoms with Gasteiger partial charge in [-0.1, -0.05) is 0 Å². The van der Waals surface area contributed by atoms with Crippen molar-refractivity contribution in [1.82, 2.24) is 0 Å². The first-order chi connectivity index (χ1) is 4.30. The van der Waals surface area contributed by atoms with Crippen LogP contribution in [0, 0.1) is 5.92 Å². The van der Waals surface area contributed by atoms with E-state index in [9.17, 15) is 4.79 Å². The summed E-state index contributed by atoms with van der Waals surface area (Å²) in [5.41, 5.74) is 5.07. The van der Waals surface area contributed by atoms with Crippen LogP contribution in [0.2, 0.25) is 0 Å². The SMILES string of the molecule is NC(=O)C1CC=NCC1. The highest BCUT2D eigenvalue weighted by Crippen LogP contribution is 2.09. The Morgan fingerprint density at radius 1 is 1.78 bits per heavy atom. The van der Waals surface area contributed by atoms with Gasteiger partial charge in [-0.15, -0.1) is 0 Å². The average Bonchev–Trinajstić information content (AvgIpc) is 1.90. The summed E-state index contributed by atoms with van der Waals surface area (Å²) < 4.78 is 0. The van der Waals surface area contributed by atoms with Crippen LogP contribution in [0.5, 0.6) is 0 Å². The lowest BCUT2D eigenvalue weighted by molar-refractivity contribution is -0.121. The highest BCUT2D eigenvalue weighted by molar-refractivity contribution is 5.80. The summed E-state index contributed by atoms with van der Waals surface area (Å²) in [6.07, 6.45) is 3.33. The van der Waals surface area contributed by atoms with Gasteiger partial charge in [0, 0.05) is 12.5 Å². The molecular formula is C6H10N2O. The second-order valence-corrected chi connectivity index (χ2v) is 2.21. The molecule has 0 radical (unpaired) electrons.